The average Bonchev–Trinajstić information content (AvgIpc) is 3.03. The van der Waals surface area contributed by atoms with Crippen LogP contribution in [0.5, 0.6) is 0 Å². The first-order valence-corrected chi connectivity index (χ1v) is 11.6. The minimum absolute atomic E-state index is 0.134. The number of carbonyl (C=O) groups excluding carboxylic acids is 1. The molecule has 1 heterocycles. The number of nitrogens with zero attached hydrogens (tertiary/aromatic N) is 3. The lowest BCUT2D eigenvalue weighted by atomic mass is 10.2. The molecule has 0 N–H and O–H groups in total. The van der Waals surface area contributed by atoms with Gasteiger partial charge in [0.15, 0.2) is 4.80 Å². The van der Waals surface area contributed by atoms with Crippen molar-refractivity contribution in [1.29, 1.82) is 0 Å². The number of aryl methyl sites for hydroxylation is 1. The lowest BCUT2D eigenvalue weighted by Gasteiger charge is -2.20. The maximum atomic E-state index is 12.7. The van der Waals surface area contributed by atoms with Crippen molar-refractivity contribution in [2.75, 3.05) is 7.05 Å². The van der Waals surface area contributed by atoms with Gasteiger partial charge < -0.3 is 4.57 Å². The van der Waals surface area contributed by atoms with Crippen molar-refractivity contribution >= 4 is 37.5 Å². The van der Waals surface area contributed by atoms with Crippen molar-refractivity contribution in [2.45, 2.75) is 38.3 Å². The minimum atomic E-state index is -3.61. The molecule has 0 fully saturated rings. The Balaban J connectivity index is 1.99. The number of thiazole rings is 1. The molecule has 0 aliphatic rings. The number of sulfonamides is 1. The van der Waals surface area contributed by atoms with Gasteiger partial charge in [-0.1, -0.05) is 23.3 Å². The van der Waals surface area contributed by atoms with Crippen LogP contribution >= 0.6 is 11.3 Å². The molecule has 0 spiro atoms. The Kier molecular flexibility index (Phi) is 6.27. The molecular weight excluding hydrogens is 418 g/mol. The second-order valence-electron chi connectivity index (χ2n) is 7.20. The molecule has 8 heteroatoms. The van der Waals surface area contributed by atoms with Crippen molar-refractivity contribution in [3.8, 4) is 12.3 Å². The highest BCUT2D eigenvalue weighted by Crippen LogP contribution is 2.20. The predicted octanol–water partition coefficient (Wildman–Crippen LogP) is 3.41. The summed E-state index contributed by atoms with van der Waals surface area (Å²) in [7, 11) is -2.08. The molecule has 6 nitrogen and oxygen atoms in total. The van der Waals surface area contributed by atoms with Crippen LogP contribution in [0.2, 0.25) is 0 Å². The molecule has 156 valence electrons. The number of terminal acetylenes is 1. The summed E-state index contributed by atoms with van der Waals surface area (Å²) in [5.74, 6) is 2.15. The smallest absolute Gasteiger partial charge is 0.279 e. The van der Waals surface area contributed by atoms with Gasteiger partial charge in [0.2, 0.25) is 10.0 Å². The molecular formula is C22H23N3O3S2. The first kappa shape index (κ1) is 22.0. The largest absolute Gasteiger partial charge is 0.305 e. The summed E-state index contributed by atoms with van der Waals surface area (Å²) in [5, 5.41) is 0. The summed E-state index contributed by atoms with van der Waals surface area (Å²) in [5.41, 5.74) is 2.34. The van der Waals surface area contributed by atoms with Crippen LogP contribution in [0.25, 0.3) is 10.2 Å². The fourth-order valence-corrected chi connectivity index (χ4v) is 5.37. The Morgan fingerprint density at radius 3 is 2.50 bits per heavy atom. The quantitative estimate of drug-likeness (QED) is 0.570. The van der Waals surface area contributed by atoms with E-state index in [-0.39, 0.29) is 10.9 Å². The van der Waals surface area contributed by atoms with E-state index in [0.29, 0.717) is 16.9 Å². The molecule has 0 bridgehead atoms. The maximum absolute atomic E-state index is 12.7. The number of carbonyl (C=O) groups is 1. The predicted molar refractivity (Wildman–Crippen MR) is 120 cm³/mol. The van der Waals surface area contributed by atoms with Crippen LogP contribution in [0.1, 0.15) is 29.8 Å². The van der Waals surface area contributed by atoms with Gasteiger partial charge in [0.05, 0.1) is 21.7 Å². The number of aromatic nitrogens is 1. The molecule has 30 heavy (non-hydrogen) atoms. The number of benzene rings is 2. The number of rotatable bonds is 5. The van der Waals surface area contributed by atoms with E-state index in [9.17, 15) is 13.2 Å². The topological polar surface area (TPSA) is 71.7 Å². The van der Waals surface area contributed by atoms with Gasteiger partial charge >= 0.3 is 0 Å². The number of amides is 1. The van der Waals surface area contributed by atoms with Crippen molar-refractivity contribution in [2.24, 2.45) is 4.99 Å². The van der Waals surface area contributed by atoms with Crippen molar-refractivity contribution in [3.63, 3.8) is 0 Å². The van der Waals surface area contributed by atoms with Crippen LogP contribution in [0.3, 0.4) is 0 Å². The molecule has 0 aliphatic carbocycles. The molecule has 0 unspecified atom stereocenters. The summed E-state index contributed by atoms with van der Waals surface area (Å²) in [6.07, 6.45) is 5.50. The number of hydrogen-bond donors (Lipinski definition) is 0. The fourth-order valence-electron chi connectivity index (χ4n) is 2.87. The number of hydrogen-bond acceptors (Lipinski definition) is 4. The van der Waals surface area contributed by atoms with E-state index in [1.54, 1.807) is 13.8 Å². The zero-order chi connectivity index (χ0) is 22.1. The van der Waals surface area contributed by atoms with Crippen LogP contribution < -0.4 is 4.80 Å². The van der Waals surface area contributed by atoms with Gasteiger partial charge in [-0.15, -0.1) is 6.42 Å². The Labute approximate surface area is 180 Å². The Hall–Kier alpha value is -2.73. The zero-order valence-corrected chi connectivity index (χ0v) is 18.9. The summed E-state index contributed by atoms with van der Waals surface area (Å²) in [4.78, 5) is 17.6. The fraction of sp³-hybridized carbons (Fsp3) is 0.273. The first-order valence-electron chi connectivity index (χ1n) is 9.35. The van der Waals surface area contributed by atoms with Crippen LogP contribution in [-0.2, 0) is 16.6 Å². The second kappa shape index (κ2) is 8.56. The van der Waals surface area contributed by atoms with Crippen molar-refractivity contribution < 1.29 is 13.2 Å². The van der Waals surface area contributed by atoms with E-state index >= 15 is 0 Å². The van der Waals surface area contributed by atoms with Gasteiger partial charge in [-0.2, -0.15) is 9.30 Å². The van der Waals surface area contributed by atoms with E-state index in [2.05, 4.69) is 10.9 Å². The SMILES string of the molecule is C#CCn1c(=NC(=O)c2ccc(S(=O)(=O)N(C)C(C)C)cc2)sc2cc(C)ccc21. The van der Waals surface area contributed by atoms with Crippen LogP contribution in [0, 0.1) is 19.3 Å². The van der Waals surface area contributed by atoms with Gasteiger partial charge in [-0.3, -0.25) is 4.79 Å². The lowest BCUT2D eigenvalue weighted by molar-refractivity contribution is 0.0998. The minimum Gasteiger partial charge on any atom is -0.305 e. The molecule has 1 aromatic heterocycles. The van der Waals surface area contributed by atoms with Crippen LogP contribution in [0.4, 0.5) is 0 Å². The van der Waals surface area contributed by atoms with Crippen molar-refractivity contribution in [1.82, 2.24) is 8.87 Å². The molecule has 3 aromatic rings. The van der Waals surface area contributed by atoms with Crippen LogP contribution in [-0.4, -0.2) is 36.3 Å². The average molecular weight is 442 g/mol. The first-order chi connectivity index (χ1) is 14.1. The normalized spacial score (nSPS) is 12.6. The lowest BCUT2D eigenvalue weighted by Crippen LogP contribution is -2.33. The molecule has 0 saturated heterocycles. The highest BCUT2D eigenvalue weighted by Gasteiger charge is 2.23. The third-order valence-corrected chi connectivity index (χ3v) is 7.88. The van der Waals surface area contributed by atoms with Crippen molar-refractivity contribution in [3.05, 3.63) is 58.4 Å². The Morgan fingerprint density at radius 1 is 1.23 bits per heavy atom. The monoisotopic (exact) mass is 441 g/mol. The van der Waals surface area contributed by atoms with E-state index in [0.717, 1.165) is 15.8 Å². The van der Waals surface area contributed by atoms with Crippen LogP contribution in [0.15, 0.2) is 52.4 Å². The molecule has 0 radical (unpaired) electrons. The second-order valence-corrected chi connectivity index (χ2v) is 10.2. The summed E-state index contributed by atoms with van der Waals surface area (Å²) in [6, 6.07) is 11.6. The molecule has 1 amide bonds. The van der Waals surface area contributed by atoms with Gasteiger partial charge in [0, 0.05) is 18.7 Å². The van der Waals surface area contributed by atoms with Gasteiger partial charge in [0.1, 0.15) is 0 Å². The standard InChI is InChI=1S/C22H23N3O3S2/c1-6-13-25-19-12-7-16(4)14-20(19)29-22(25)23-21(26)17-8-10-18(11-9-17)30(27,28)24(5)15(2)3/h1,7-12,14-15H,13H2,2-5H3. The third-order valence-electron chi connectivity index (χ3n) is 4.79. The highest BCUT2D eigenvalue weighted by atomic mass is 32.2. The van der Waals surface area contributed by atoms with E-state index in [1.165, 1.54) is 47.0 Å². The van der Waals surface area contributed by atoms with Gasteiger partial charge in [0.25, 0.3) is 5.91 Å². The summed E-state index contributed by atoms with van der Waals surface area (Å²) in [6.45, 7) is 5.89. The molecule has 2 aromatic carbocycles. The molecule has 0 atom stereocenters. The van der Waals surface area contributed by atoms with Gasteiger partial charge in [-0.05, 0) is 62.7 Å². The van der Waals surface area contributed by atoms with E-state index < -0.39 is 15.9 Å². The zero-order valence-electron chi connectivity index (χ0n) is 17.3. The molecule has 0 saturated carbocycles. The third kappa shape index (κ3) is 4.24. The summed E-state index contributed by atoms with van der Waals surface area (Å²) >= 11 is 1.39. The molecule has 0 aliphatic heterocycles. The highest BCUT2D eigenvalue weighted by molar-refractivity contribution is 7.89. The van der Waals surface area contributed by atoms with E-state index in [4.69, 9.17) is 6.42 Å². The Bertz CT molecular complexity index is 1310. The van der Waals surface area contributed by atoms with Gasteiger partial charge in [-0.25, -0.2) is 8.42 Å². The molecule has 3 rings (SSSR count). The maximum Gasteiger partial charge on any atom is 0.279 e. The Morgan fingerprint density at radius 2 is 1.90 bits per heavy atom. The van der Waals surface area contributed by atoms with E-state index in [1.807, 2.05) is 29.7 Å². The number of fused-ring (bicyclic) bond motifs is 1. The summed E-state index contributed by atoms with van der Waals surface area (Å²) < 4.78 is 29.3.